The summed E-state index contributed by atoms with van der Waals surface area (Å²) in [7, 11) is 0. The summed E-state index contributed by atoms with van der Waals surface area (Å²) in [5.74, 6) is 0.114. The molecule has 0 bridgehead atoms. The monoisotopic (exact) mass is 257 g/mol. The van der Waals surface area contributed by atoms with Gasteiger partial charge in [0.05, 0.1) is 6.42 Å². The van der Waals surface area contributed by atoms with Crippen LogP contribution in [0.5, 0.6) is 0 Å². The van der Waals surface area contributed by atoms with Crippen molar-refractivity contribution in [2.75, 3.05) is 13.1 Å². The van der Waals surface area contributed by atoms with Crippen molar-refractivity contribution in [1.82, 2.24) is 15.6 Å². The van der Waals surface area contributed by atoms with Crippen molar-refractivity contribution < 1.29 is 4.79 Å². The zero-order chi connectivity index (χ0) is 13.1. The fraction of sp³-hybridized carbons (Fsp3) is 0.400. The van der Waals surface area contributed by atoms with E-state index in [9.17, 15) is 4.79 Å². The fourth-order valence-corrected chi connectivity index (χ4v) is 2.65. The van der Waals surface area contributed by atoms with Crippen molar-refractivity contribution >= 4 is 16.8 Å². The molecular weight excluding hydrogens is 238 g/mol. The van der Waals surface area contributed by atoms with Crippen molar-refractivity contribution in [3.8, 4) is 0 Å². The predicted octanol–water partition coefficient (Wildman–Crippen LogP) is 1.58. The third-order valence-corrected chi connectivity index (χ3v) is 3.64. The van der Waals surface area contributed by atoms with Gasteiger partial charge in [-0.2, -0.15) is 0 Å². The number of piperidine rings is 1. The number of H-pyrrole nitrogens is 1. The molecule has 4 heteroatoms. The summed E-state index contributed by atoms with van der Waals surface area (Å²) >= 11 is 0. The lowest BCUT2D eigenvalue weighted by molar-refractivity contribution is -0.121. The molecule has 1 aliphatic rings. The Morgan fingerprint density at radius 3 is 3.16 bits per heavy atom. The standard InChI is InChI=1S/C15H19N3O/c19-15(18-13-2-1-6-16-10-13)9-11-3-4-14-12(8-11)5-7-17-14/h3-5,7-8,13,16-17H,1-2,6,9-10H2,(H,18,19). The van der Waals surface area contributed by atoms with Gasteiger partial charge in [0.15, 0.2) is 0 Å². The number of hydrogen-bond acceptors (Lipinski definition) is 2. The van der Waals surface area contributed by atoms with Gasteiger partial charge in [0.25, 0.3) is 0 Å². The molecule has 1 saturated heterocycles. The van der Waals surface area contributed by atoms with E-state index in [-0.39, 0.29) is 11.9 Å². The van der Waals surface area contributed by atoms with Crippen LogP contribution in [-0.2, 0) is 11.2 Å². The quantitative estimate of drug-likeness (QED) is 0.782. The number of aromatic amines is 1. The Morgan fingerprint density at radius 1 is 1.37 bits per heavy atom. The molecular formula is C15H19N3O. The lowest BCUT2D eigenvalue weighted by Gasteiger charge is -2.23. The van der Waals surface area contributed by atoms with E-state index in [1.165, 1.54) is 0 Å². The number of rotatable bonds is 3. The second-order valence-electron chi connectivity index (χ2n) is 5.19. The number of carbonyl (C=O) groups is 1. The summed E-state index contributed by atoms with van der Waals surface area (Å²) in [5.41, 5.74) is 2.18. The summed E-state index contributed by atoms with van der Waals surface area (Å²) in [6.07, 6.45) is 4.59. The first-order valence-corrected chi connectivity index (χ1v) is 6.87. The Labute approximate surface area is 112 Å². The molecule has 0 spiro atoms. The van der Waals surface area contributed by atoms with E-state index in [1.807, 2.05) is 24.4 Å². The molecule has 2 aromatic rings. The van der Waals surface area contributed by atoms with Crippen molar-refractivity contribution in [2.45, 2.75) is 25.3 Å². The molecule has 1 aliphatic heterocycles. The number of nitrogens with one attached hydrogen (secondary N) is 3. The molecule has 1 aromatic carbocycles. The third kappa shape index (κ3) is 2.96. The van der Waals surface area contributed by atoms with Crippen LogP contribution in [-0.4, -0.2) is 30.0 Å². The Hall–Kier alpha value is -1.81. The molecule has 1 aromatic heterocycles. The summed E-state index contributed by atoms with van der Waals surface area (Å²) in [6.45, 7) is 1.96. The summed E-state index contributed by atoms with van der Waals surface area (Å²) in [4.78, 5) is 15.2. The van der Waals surface area contributed by atoms with Crippen molar-refractivity contribution in [1.29, 1.82) is 0 Å². The molecule has 4 nitrogen and oxygen atoms in total. The zero-order valence-electron chi connectivity index (χ0n) is 10.9. The fourth-order valence-electron chi connectivity index (χ4n) is 2.65. The van der Waals surface area contributed by atoms with Crippen LogP contribution in [0.25, 0.3) is 10.9 Å². The van der Waals surface area contributed by atoms with Gasteiger partial charge in [0, 0.05) is 24.3 Å². The maximum atomic E-state index is 12.0. The molecule has 100 valence electrons. The van der Waals surface area contributed by atoms with E-state index >= 15 is 0 Å². The van der Waals surface area contributed by atoms with Crippen LogP contribution in [0.3, 0.4) is 0 Å². The Bertz CT molecular complexity index is 570. The van der Waals surface area contributed by atoms with Crippen LogP contribution >= 0.6 is 0 Å². The lowest BCUT2D eigenvalue weighted by Crippen LogP contribution is -2.46. The van der Waals surface area contributed by atoms with Gasteiger partial charge in [-0.1, -0.05) is 6.07 Å². The van der Waals surface area contributed by atoms with Crippen molar-refractivity contribution in [2.24, 2.45) is 0 Å². The number of fused-ring (bicyclic) bond motifs is 1. The van der Waals surface area contributed by atoms with E-state index in [0.29, 0.717) is 6.42 Å². The first kappa shape index (κ1) is 12.2. The molecule has 0 saturated carbocycles. The molecule has 1 unspecified atom stereocenters. The van der Waals surface area contributed by atoms with Crippen LogP contribution < -0.4 is 10.6 Å². The second kappa shape index (κ2) is 5.45. The number of carbonyl (C=O) groups excluding carboxylic acids is 1. The lowest BCUT2D eigenvalue weighted by atomic mass is 10.1. The first-order valence-electron chi connectivity index (χ1n) is 6.87. The second-order valence-corrected chi connectivity index (χ2v) is 5.19. The van der Waals surface area contributed by atoms with Gasteiger partial charge in [-0.25, -0.2) is 0 Å². The molecule has 3 rings (SSSR count). The molecule has 1 amide bonds. The zero-order valence-corrected chi connectivity index (χ0v) is 10.9. The van der Waals surface area contributed by atoms with Gasteiger partial charge >= 0.3 is 0 Å². The van der Waals surface area contributed by atoms with Gasteiger partial charge in [-0.3, -0.25) is 4.79 Å². The Balaban J connectivity index is 1.61. The van der Waals surface area contributed by atoms with Crippen molar-refractivity contribution in [3.05, 3.63) is 36.0 Å². The van der Waals surface area contributed by atoms with E-state index in [0.717, 1.165) is 42.4 Å². The molecule has 1 atom stereocenters. The highest BCUT2D eigenvalue weighted by molar-refractivity contribution is 5.83. The number of benzene rings is 1. The highest BCUT2D eigenvalue weighted by Crippen LogP contribution is 2.14. The van der Waals surface area contributed by atoms with Crippen LogP contribution in [0.15, 0.2) is 30.5 Å². The minimum atomic E-state index is 0.114. The highest BCUT2D eigenvalue weighted by atomic mass is 16.1. The summed E-state index contributed by atoms with van der Waals surface area (Å²) < 4.78 is 0. The molecule has 0 radical (unpaired) electrons. The highest BCUT2D eigenvalue weighted by Gasteiger charge is 2.15. The topological polar surface area (TPSA) is 56.9 Å². The maximum absolute atomic E-state index is 12.0. The van der Waals surface area contributed by atoms with Crippen LogP contribution in [0, 0.1) is 0 Å². The predicted molar refractivity (Wildman–Crippen MR) is 76.0 cm³/mol. The number of aromatic nitrogens is 1. The summed E-state index contributed by atoms with van der Waals surface area (Å²) in [5, 5.41) is 7.56. The van der Waals surface area contributed by atoms with Gasteiger partial charge in [0.2, 0.25) is 5.91 Å². The van der Waals surface area contributed by atoms with E-state index in [4.69, 9.17) is 0 Å². The van der Waals surface area contributed by atoms with Gasteiger partial charge in [-0.15, -0.1) is 0 Å². The summed E-state index contributed by atoms with van der Waals surface area (Å²) in [6, 6.07) is 8.43. The average Bonchev–Trinajstić information content (AvgIpc) is 2.87. The first-order chi connectivity index (χ1) is 9.31. The van der Waals surface area contributed by atoms with Gasteiger partial charge < -0.3 is 15.6 Å². The third-order valence-electron chi connectivity index (χ3n) is 3.64. The largest absolute Gasteiger partial charge is 0.361 e. The minimum absolute atomic E-state index is 0.114. The number of amides is 1. The Kier molecular flexibility index (Phi) is 3.51. The molecule has 1 fully saturated rings. The van der Waals surface area contributed by atoms with Gasteiger partial charge in [-0.05, 0) is 48.5 Å². The number of hydrogen-bond donors (Lipinski definition) is 3. The average molecular weight is 257 g/mol. The smallest absolute Gasteiger partial charge is 0.224 e. The van der Waals surface area contributed by atoms with E-state index < -0.39 is 0 Å². The Morgan fingerprint density at radius 2 is 2.32 bits per heavy atom. The molecule has 0 aliphatic carbocycles. The van der Waals surface area contributed by atoms with E-state index in [1.54, 1.807) is 0 Å². The van der Waals surface area contributed by atoms with E-state index in [2.05, 4.69) is 21.7 Å². The maximum Gasteiger partial charge on any atom is 0.224 e. The minimum Gasteiger partial charge on any atom is -0.361 e. The van der Waals surface area contributed by atoms with Crippen LogP contribution in [0.4, 0.5) is 0 Å². The SMILES string of the molecule is O=C(Cc1ccc2[nH]ccc2c1)NC1CCCNC1. The molecule has 19 heavy (non-hydrogen) atoms. The van der Waals surface area contributed by atoms with Crippen LogP contribution in [0.1, 0.15) is 18.4 Å². The molecule has 3 N–H and O–H groups in total. The van der Waals surface area contributed by atoms with Crippen LogP contribution in [0.2, 0.25) is 0 Å². The van der Waals surface area contributed by atoms with Crippen molar-refractivity contribution in [3.63, 3.8) is 0 Å². The normalized spacial score (nSPS) is 19.5. The molecule has 2 heterocycles. The van der Waals surface area contributed by atoms with Gasteiger partial charge in [0.1, 0.15) is 0 Å².